The zero-order valence-electron chi connectivity index (χ0n) is 22.4. The van der Waals surface area contributed by atoms with E-state index in [-0.39, 0.29) is 17.4 Å². The van der Waals surface area contributed by atoms with E-state index in [4.69, 9.17) is 9.47 Å². The van der Waals surface area contributed by atoms with E-state index >= 15 is 0 Å². The summed E-state index contributed by atoms with van der Waals surface area (Å²) in [5.74, 6) is 0.544. The molecule has 35 heavy (non-hydrogen) atoms. The van der Waals surface area contributed by atoms with Crippen molar-refractivity contribution < 1.29 is 19.1 Å². The Bertz CT molecular complexity index is 970. The molecule has 2 N–H and O–H groups in total. The molecule has 0 saturated heterocycles. The molecule has 0 aromatic heterocycles. The van der Waals surface area contributed by atoms with Gasteiger partial charge in [0.15, 0.2) is 6.61 Å². The molecule has 0 unspecified atom stereocenters. The Kier molecular flexibility index (Phi) is 10.2. The van der Waals surface area contributed by atoms with Gasteiger partial charge in [-0.1, -0.05) is 79.9 Å². The van der Waals surface area contributed by atoms with Gasteiger partial charge >= 0.3 is 0 Å². The summed E-state index contributed by atoms with van der Waals surface area (Å²) in [7, 11) is 0. The molecule has 0 aliphatic heterocycles. The third kappa shape index (κ3) is 9.27. The number of unbranched alkanes of at least 4 members (excludes halogenated alkanes) is 3. The van der Waals surface area contributed by atoms with Gasteiger partial charge in [-0.15, -0.1) is 0 Å². The van der Waals surface area contributed by atoms with Crippen molar-refractivity contribution in [2.75, 3.05) is 13.2 Å². The van der Waals surface area contributed by atoms with Gasteiger partial charge in [0.05, 0.1) is 6.61 Å². The van der Waals surface area contributed by atoms with E-state index in [1.807, 2.05) is 12.1 Å². The average molecular weight is 483 g/mol. The summed E-state index contributed by atoms with van der Waals surface area (Å²) in [6, 6.07) is 13.0. The Morgan fingerprint density at radius 2 is 1.49 bits per heavy atom. The van der Waals surface area contributed by atoms with Gasteiger partial charge < -0.3 is 9.47 Å². The van der Waals surface area contributed by atoms with E-state index < -0.39 is 11.8 Å². The van der Waals surface area contributed by atoms with Crippen LogP contribution in [0.5, 0.6) is 11.5 Å². The number of nitrogens with one attached hydrogen (secondary N) is 2. The first-order valence-electron chi connectivity index (χ1n) is 12.5. The molecular formula is C29H42N2O4. The highest BCUT2D eigenvalue weighted by atomic mass is 16.5. The number of amides is 2. The summed E-state index contributed by atoms with van der Waals surface area (Å²) in [6.45, 7) is 15.5. The smallest absolute Gasteiger partial charge is 0.276 e. The summed E-state index contributed by atoms with van der Waals surface area (Å²) in [5.41, 5.74) is 7.39. The largest absolute Gasteiger partial charge is 0.494 e. The minimum atomic E-state index is -0.440. The molecule has 0 aliphatic carbocycles. The number of carbonyl (C=O) groups is 2. The molecule has 2 rings (SSSR count). The molecule has 6 heteroatoms. The van der Waals surface area contributed by atoms with Crippen LogP contribution in [0.25, 0.3) is 0 Å². The van der Waals surface area contributed by atoms with Crippen molar-refractivity contribution in [2.24, 2.45) is 0 Å². The van der Waals surface area contributed by atoms with E-state index in [9.17, 15) is 9.59 Å². The number of hydrazine groups is 1. The maximum atomic E-state index is 12.4. The standard InChI is InChI=1S/C29H42N2O4/c1-8-9-10-11-18-34-23-15-12-21(13-16-23)27(33)31-30-26(32)20-35-25-17-14-22(28(2,3)4)19-24(25)29(5,6)7/h12-17,19H,8-11,18,20H2,1-7H3,(H,30,32)(H,31,33). The monoisotopic (exact) mass is 482 g/mol. The van der Waals surface area contributed by atoms with E-state index in [2.05, 4.69) is 65.4 Å². The Hall–Kier alpha value is -3.02. The lowest BCUT2D eigenvalue weighted by Gasteiger charge is -2.27. The zero-order chi connectivity index (χ0) is 26.1. The lowest BCUT2D eigenvalue weighted by molar-refractivity contribution is -0.123. The van der Waals surface area contributed by atoms with Gasteiger partial charge in [-0.25, -0.2) is 0 Å². The molecule has 0 fully saturated rings. The van der Waals surface area contributed by atoms with Crippen LogP contribution in [0.15, 0.2) is 42.5 Å². The predicted molar refractivity (Wildman–Crippen MR) is 141 cm³/mol. The predicted octanol–water partition coefficient (Wildman–Crippen LogP) is 6.08. The fourth-order valence-corrected chi connectivity index (χ4v) is 3.51. The molecule has 0 heterocycles. The van der Waals surface area contributed by atoms with Crippen LogP contribution in [0.4, 0.5) is 0 Å². The van der Waals surface area contributed by atoms with E-state index in [1.54, 1.807) is 24.3 Å². The molecule has 2 amide bonds. The van der Waals surface area contributed by atoms with Crippen LogP contribution in [0, 0.1) is 0 Å². The summed E-state index contributed by atoms with van der Waals surface area (Å²) in [5, 5.41) is 0. The molecule has 2 aromatic carbocycles. The minimum absolute atomic E-state index is 0.0130. The first kappa shape index (κ1) is 28.2. The number of carbonyl (C=O) groups excluding carboxylic acids is 2. The molecule has 6 nitrogen and oxygen atoms in total. The minimum Gasteiger partial charge on any atom is -0.494 e. The van der Waals surface area contributed by atoms with Crippen LogP contribution >= 0.6 is 0 Å². The highest BCUT2D eigenvalue weighted by molar-refractivity contribution is 5.95. The lowest BCUT2D eigenvalue weighted by atomic mass is 9.80. The Morgan fingerprint density at radius 1 is 0.800 bits per heavy atom. The number of ether oxygens (including phenoxy) is 2. The van der Waals surface area contributed by atoms with Crippen LogP contribution in [0.1, 0.15) is 95.6 Å². The van der Waals surface area contributed by atoms with Gasteiger partial charge in [0.2, 0.25) is 0 Å². The SMILES string of the molecule is CCCCCCOc1ccc(C(=O)NNC(=O)COc2ccc(C(C)(C)C)cc2C(C)(C)C)cc1. The van der Waals surface area contributed by atoms with E-state index in [0.29, 0.717) is 17.9 Å². The first-order valence-corrected chi connectivity index (χ1v) is 12.5. The molecule has 2 aromatic rings. The fraction of sp³-hybridized carbons (Fsp3) is 0.517. The van der Waals surface area contributed by atoms with Gasteiger partial charge in [0, 0.05) is 5.56 Å². The molecule has 0 spiro atoms. The fourth-order valence-electron chi connectivity index (χ4n) is 3.51. The summed E-state index contributed by atoms with van der Waals surface area (Å²) < 4.78 is 11.5. The summed E-state index contributed by atoms with van der Waals surface area (Å²) >= 11 is 0. The summed E-state index contributed by atoms with van der Waals surface area (Å²) in [6.07, 6.45) is 4.57. The van der Waals surface area contributed by atoms with E-state index in [1.165, 1.54) is 18.4 Å². The topological polar surface area (TPSA) is 76.7 Å². The van der Waals surface area contributed by atoms with Crippen LogP contribution in [0.3, 0.4) is 0 Å². The molecule has 192 valence electrons. The van der Waals surface area contributed by atoms with Gasteiger partial charge in [-0.2, -0.15) is 0 Å². The van der Waals surface area contributed by atoms with Gasteiger partial charge in [0.1, 0.15) is 11.5 Å². The summed E-state index contributed by atoms with van der Waals surface area (Å²) in [4.78, 5) is 24.7. The van der Waals surface area contributed by atoms with Crippen molar-refractivity contribution in [3.05, 3.63) is 59.2 Å². The highest BCUT2D eigenvalue weighted by Crippen LogP contribution is 2.35. The third-order valence-electron chi connectivity index (χ3n) is 5.71. The second-order valence-electron chi connectivity index (χ2n) is 10.9. The van der Waals surface area contributed by atoms with Crippen molar-refractivity contribution in [1.82, 2.24) is 10.9 Å². The number of hydrogen-bond acceptors (Lipinski definition) is 4. The molecular weight excluding hydrogens is 440 g/mol. The maximum absolute atomic E-state index is 12.4. The van der Waals surface area contributed by atoms with Gasteiger partial charge in [-0.3, -0.25) is 20.4 Å². The molecule has 0 aliphatic rings. The molecule has 0 saturated carbocycles. The van der Waals surface area contributed by atoms with Crippen molar-refractivity contribution >= 4 is 11.8 Å². The maximum Gasteiger partial charge on any atom is 0.276 e. The van der Waals surface area contributed by atoms with E-state index in [0.717, 1.165) is 24.2 Å². The second-order valence-corrected chi connectivity index (χ2v) is 10.9. The molecule has 0 bridgehead atoms. The molecule has 0 atom stereocenters. The third-order valence-corrected chi connectivity index (χ3v) is 5.71. The second kappa shape index (κ2) is 12.6. The number of benzene rings is 2. The Balaban J connectivity index is 1.86. The molecule has 0 radical (unpaired) electrons. The number of rotatable bonds is 10. The zero-order valence-corrected chi connectivity index (χ0v) is 22.4. The van der Waals surface area contributed by atoms with Gasteiger partial charge in [-0.05, 0) is 58.7 Å². The Morgan fingerprint density at radius 3 is 2.09 bits per heavy atom. The van der Waals surface area contributed by atoms with Crippen LogP contribution < -0.4 is 20.3 Å². The van der Waals surface area contributed by atoms with Crippen LogP contribution in [0.2, 0.25) is 0 Å². The van der Waals surface area contributed by atoms with Crippen molar-refractivity contribution in [3.63, 3.8) is 0 Å². The first-order chi connectivity index (χ1) is 16.4. The quantitative estimate of drug-likeness (QED) is 0.318. The van der Waals surface area contributed by atoms with Crippen LogP contribution in [-0.4, -0.2) is 25.0 Å². The lowest BCUT2D eigenvalue weighted by Crippen LogP contribution is -2.43. The van der Waals surface area contributed by atoms with Crippen LogP contribution in [-0.2, 0) is 15.6 Å². The Labute approximate surface area is 210 Å². The van der Waals surface area contributed by atoms with Crippen molar-refractivity contribution in [1.29, 1.82) is 0 Å². The highest BCUT2D eigenvalue weighted by Gasteiger charge is 2.23. The average Bonchev–Trinajstić information content (AvgIpc) is 2.80. The number of hydrogen-bond donors (Lipinski definition) is 2. The van der Waals surface area contributed by atoms with Crippen molar-refractivity contribution in [2.45, 2.75) is 85.0 Å². The van der Waals surface area contributed by atoms with Crippen molar-refractivity contribution in [3.8, 4) is 11.5 Å². The van der Waals surface area contributed by atoms with Gasteiger partial charge in [0.25, 0.3) is 11.8 Å². The normalized spacial score (nSPS) is 11.6.